The second-order valence-corrected chi connectivity index (χ2v) is 10.1. The average molecular weight is 496 g/mol. The Hall–Kier alpha value is -3.53. The van der Waals surface area contributed by atoms with E-state index in [1.165, 1.54) is 25.1 Å². The maximum absolute atomic E-state index is 13.0. The number of aliphatic hydroxyl groups is 1. The van der Waals surface area contributed by atoms with Crippen molar-refractivity contribution < 1.29 is 27.5 Å². The SMILES string of the molecule is Cc1ccc2c(COC(=O)C(NS(=O)(=O)c3ccc4ccccc4c3)C(C)O)cc(=O)oc2c1C. The van der Waals surface area contributed by atoms with Crippen molar-refractivity contribution in [2.45, 2.75) is 44.4 Å². The molecule has 1 heterocycles. The first-order chi connectivity index (χ1) is 16.6. The van der Waals surface area contributed by atoms with Gasteiger partial charge in [-0.25, -0.2) is 13.2 Å². The van der Waals surface area contributed by atoms with Gasteiger partial charge >= 0.3 is 11.6 Å². The van der Waals surface area contributed by atoms with Crippen molar-refractivity contribution in [3.8, 4) is 0 Å². The summed E-state index contributed by atoms with van der Waals surface area (Å²) >= 11 is 0. The average Bonchev–Trinajstić information content (AvgIpc) is 2.83. The van der Waals surface area contributed by atoms with Crippen molar-refractivity contribution in [1.82, 2.24) is 4.72 Å². The zero-order chi connectivity index (χ0) is 25.3. The summed E-state index contributed by atoms with van der Waals surface area (Å²) in [5.41, 5.74) is 1.94. The van der Waals surface area contributed by atoms with E-state index in [4.69, 9.17) is 9.15 Å². The lowest BCUT2D eigenvalue weighted by Crippen LogP contribution is -2.48. The van der Waals surface area contributed by atoms with Gasteiger partial charge in [0, 0.05) is 17.0 Å². The van der Waals surface area contributed by atoms with Crippen molar-refractivity contribution in [2.75, 3.05) is 0 Å². The zero-order valence-electron chi connectivity index (χ0n) is 19.4. The quantitative estimate of drug-likeness (QED) is 0.298. The van der Waals surface area contributed by atoms with Crippen LogP contribution in [0, 0.1) is 13.8 Å². The summed E-state index contributed by atoms with van der Waals surface area (Å²) in [6.07, 6.45) is -1.37. The molecule has 182 valence electrons. The standard InChI is InChI=1S/C26H25NO7S/c1-15-8-11-22-20(13-23(29)34-25(22)16(15)2)14-33-26(30)24(17(3)28)27-35(31,32)21-10-9-18-6-4-5-7-19(18)12-21/h4-13,17,24,27-28H,14H2,1-3H3. The van der Waals surface area contributed by atoms with Gasteiger partial charge in [0.1, 0.15) is 18.2 Å². The second-order valence-electron chi connectivity index (χ2n) is 8.43. The number of esters is 1. The highest BCUT2D eigenvalue weighted by molar-refractivity contribution is 7.89. The number of ether oxygens (including phenoxy) is 1. The second kappa shape index (κ2) is 9.61. The molecule has 8 nitrogen and oxygen atoms in total. The van der Waals surface area contributed by atoms with E-state index in [0.717, 1.165) is 16.5 Å². The molecule has 4 aromatic rings. The van der Waals surface area contributed by atoms with E-state index >= 15 is 0 Å². The van der Waals surface area contributed by atoms with Gasteiger partial charge in [0.2, 0.25) is 10.0 Å². The summed E-state index contributed by atoms with van der Waals surface area (Å²) in [4.78, 5) is 24.8. The molecule has 0 aliphatic carbocycles. The van der Waals surface area contributed by atoms with Gasteiger partial charge in [-0.3, -0.25) is 4.79 Å². The van der Waals surface area contributed by atoms with Gasteiger partial charge in [-0.2, -0.15) is 4.72 Å². The Kier molecular flexibility index (Phi) is 6.75. The van der Waals surface area contributed by atoms with Gasteiger partial charge in [-0.05, 0) is 54.8 Å². The van der Waals surface area contributed by atoms with Gasteiger partial charge in [-0.15, -0.1) is 0 Å². The summed E-state index contributed by atoms with van der Waals surface area (Å²) < 4.78 is 38.8. The molecule has 0 saturated heterocycles. The molecule has 0 saturated carbocycles. The largest absolute Gasteiger partial charge is 0.460 e. The molecular weight excluding hydrogens is 470 g/mol. The van der Waals surface area contributed by atoms with E-state index in [-0.39, 0.29) is 11.5 Å². The van der Waals surface area contributed by atoms with Gasteiger partial charge in [0.15, 0.2) is 0 Å². The highest BCUT2D eigenvalue weighted by atomic mass is 32.2. The van der Waals surface area contributed by atoms with Crippen LogP contribution in [0.4, 0.5) is 0 Å². The number of carbonyl (C=O) groups excluding carboxylic acids is 1. The number of carbonyl (C=O) groups is 1. The minimum Gasteiger partial charge on any atom is -0.460 e. The predicted molar refractivity (Wildman–Crippen MR) is 131 cm³/mol. The summed E-state index contributed by atoms with van der Waals surface area (Å²) in [6.45, 7) is 4.69. The molecule has 0 spiro atoms. The third-order valence-electron chi connectivity index (χ3n) is 5.94. The number of nitrogens with one attached hydrogen (secondary N) is 1. The Morgan fingerprint density at radius 2 is 1.77 bits per heavy atom. The monoisotopic (exact) mass is 495 g/mol. The number of hydrogen-bond donors (Lipinski definition) is 2. The van der Waals surface area contributed by atoms with E-state index in [1.807, 2.05) is 32.0 Å². The first-order valence-corrected chi connectivity index (χ1v) is 12.4. The molecule has 0 bridgehead atoms. The first kappa shape index (κ1) is 24.6. The van der Waals surface area contributed by atoms with Crippen molar-refractivity contribution >= 4 is 37.7 Å². The van der Waals surface area contributed by atoms with E-state index in [9.17, 15) is 23.1 Å². The van der Waals surface area contributed by atoms with Crippen LogP contribution in [0.3, 0.4) is 0 Å². The van der Waals surface area contributed by atoms with E-state index in [1.54, 1.807) is 24.3 Å². The van der Waals surface area contributed by atoms with Crippen molar-refractivity contribution in [1.29, 1.82) is 0 Å². The van der Waals surface area contributed by atoms with Crippen LogP contribution < -0.4 is 10.3 Å². The molecule has 35 heavy (non-hydrogen) atoms. The number of aliphatic hydroxyl groups excluding tert-OH is 1. The van der Waals surface area contributed by atoms with Crippen LogP contribution in [0.1, 0.15) is 23.6 Å². The summed E-state index contributed by atoms with van der Waals surface area (Å²) in [7, 11) is -4.15. The number of sulfonamides is 1. The Morgan fingerprint density at radius 1 is 1.06 bits per heavy atom. The molecule has 2 unspecified atom stereocenters. The summed E-state index contributed by atoms with van der Waals surface area (Å²) in [5, 5.41) is 12.3. The van der Waals surface area contributed by atoms with Crippen LogP contribution in [-0.2, 0) is 26.2 Å². The van der Waals surface area contributed by atoms with Crippen LogP contribution in [0.15, 0.2) is 74.8 Å². The van der Waals surface area contributed by atoms with Gasteiger partial charge in [0.25, 0.3) is 0 Å². The Bertz CT molecular complexity index is 1590. The molecule has 0 aliphatic rings. The minimum absolute atomic E-state index is 0.0489. The van der Waals surface area contributed by atoms with Crippen LogP contribution >= 0.6 is 0 Å². The lowest BCUT2D eigenvalue weighted by molar-refractivity contribution is -0.149. The topological polar surface area (TPSA) is 123 Å². The molecule has 1 aromatic heterocycles. The molecule has 4 rings (SSSR count). The van der Waals surface area contributed by atoms with Crippen LogP contribution in [-0.4, -0.2) is 31.6 Å². The molecule has 2 atom stereocenters. The highest BCUT2D eigenvalue weighted by Gasteiger charge is 2.31. The van der Waals surface area contributed by atoms with Crippen LogP contribution in [0.5, 0.6) is 0 Å². The summed E-state index contributed by atoms with van der Waals surface area (Å²) in [6, 6.07) is 15.1. The lowest BCUT2D eigenvalue weighted by atomic mass is 10.0. The van der Waals surface area contributed by atoms with Crippen LogP contribution in [0.2, 0.25) is 0 Å². The zero-order valence-corrected chi connectivity index (χ0v) is 20.3. The van der Waals surface area contributed by atoms with Crippen molar-refractivity contribution in [2.24, 2.45) is 0 Å². The van der Waals surface area contributed by atoms with E-state index in [0.29, 0.717) is 21.9 Å². The molecule has 0 aliphatic heterocycles. The fourth-order valence-corrected chi connectivity index (χ4v) is 5.09. The number of fused-ring (bicyclic) bond motifs is 2. The minimum atomic E-state index is -4.15. The Morgan fingerprint density at radius 3 is 2.49 bits per heavy atom. The first-order valence-electron chi connectivity index (χ1n) is 11.0. The third-order valence-corrected chi connectivity index (χ3v) is 7.38. The Labute approximate surface area is 202 Å². The molecule has 0 radical (unpaired) electrons. The molecule has 2 N–H and O–H groups in total. The maximum Gasteiger partial charge on any atom is 0.336 e. The highest BCUT2D eigenvalue weighted by Crippen LogP contribution is 2.24. The smallest absolute Gasteiger partial charge is 0.336 e. The van der Waals surface area contributed by atoms with Gasteiger partial charge in [-0.1, -0.05) is 42.5 Å². The predicted octanol–water partition coefficient (Wildman–Crippen LogP) is 3.33. The van der Waals surface area contributed by atoms with Crippen molar-refractivity contribution in [3.63, 3.8) is 0 Å². The molecule has 0 fully saturated rings. The number of rotatable bonds is 7. The number of hydrogen-bond acceptors (Lipinski definition) is 7. The van der Waals surface area contributed by atoms with Gasteiger partial charge in [0.05, 0.1) is 11.0 Å². The normalized spacial score (nSPS) is 13.6. The van der Waals surface area contributed by atoms with E-state index in [2.05, 4.69) is 4.72 Å². The Balaban J connectivity index is 1.56. The third kappa shape index (κ3) is 5.12. The number of aryl methyl sites for hydroxylation is 2. The fraction of sp³-hybridized carbons (Fsp3) is 0.231. The van der Waals surface area contributed by atoms with Crippen molar-refractivity contribution in [3.05, 3.63) is 87.8 Å². The molecule has 0 amide bonds. The summed E-state index contributed by atoms with van der Waals surface area (Å²) in [5.74, 6) is -0.977. The maximum atomic E-state index is 13.0. The molecular formula is C26H25NO7S. The molecule has 9 heteroatoms. The van der Waals surface area contributed by atoms with Gasteiger partial charge < -0.3 is 14.3 Å². The van der Waals surface area contributed by atoms with E-state index < -0.39 is 33.8 Å². The molecule has 3 aromatic carbocycles. The van der Waals surface area contributed by atoms with Crippen LogP contribution in [0.25, 0.3) is 21.7 Å². The number of benzene rings is 3. The lowest BCUT2D eigenvalue weighted by Gasteiger charge is -2.20. The fourth-order valence-electron chi connectivity index (χ4n) is 3.80.